The summed E-state index contributed by atoms with van der Waals surface area (Å²) in [6.45, 7) is 5.86. The lowest BCUT2D eigenvalue weighted by Crippen LogP contribution is -2.43. The molecule has 2 amide bonds. The molecule has 0 spiro atoms. The summed E-state index contributed by atoms with van der Waals surface area (Å²) in [5, 5.41) is 0. The minimum absolute atomic E-state index is 0.125. The van der Waals surface area contributed by atoms with Crippen LogP contribution in [0.5, 0.6) is 0 Å². The number of hydrogen-bond acceptors (Lipinski definition) is 4. The van der Waals surface area contributed by atoms with E-state index in [1.54, 1.807) is 0 Å². The zero-order chi connectivity index (χ0) is 18.8. The lowest BCUT2D eigenvalue weighted by molar-refractivity contribution is -0.133. The van der Waals surface area contributed by atoms with Crippen LogP contribution in [-0.2, 0) is 20.7 Å². The molecule has 5 heteroatoms. The van der Waals surface area contributed by atoms with Crippen LogP contribution in [0.1, 0.15) is 51.5 Å². The highest BCUT2D eigenvalue weighted by molar-refractivity contribution is 5.94. The average Bonchev–Trinajstić information content (AvgIpc) is 3.01. The van der Waals surface area contributed by atoms with Crippen LogP contribution >= 0.6 is 0 Å². The summed E-state index contributed by atoms with van der Waals surface area (Å²) >= 11 is 0. The molecule has 0 bridgehead atoms. The average molecular weight is 361 g/mol. The highest BCUT2D eigenvalue weighted by Crippen LogP contribution is 2.22. The maximum Gasteiger partial charge on any atom is 0.416 e. The Hall–Kier alpha value is -1.88. The zero-order valence-electron chi connectivity index (χ0n) is 16.0. The normalized spacial score (nSPS) is 18.0. The van der Waals surface area contributed by atoms with Crippen LogP contribution < -0.4 is 0 Å². The van der Waals surface area contributed by atoms with Crippen molar-refractivity contribution in [2.24, 2.45) is 5.92 Å². The molecular formula is C21H31NO4. The van der Waals surface area contributed by atoms with E-state index < -0.39 is 6.09 Å². The van der Waals surface area contributed by atoms with Crippen molar-refractivity contribution in [1.29, 1.82) is 0 Å². The van der Waals surface area contributed by atoms with Gasteiger partial charge in [-0.25, -0.2) is 9.69 Å². The van der Waals surface area contributed by atoms with Gasteiger partial charge in [0.2, 0.25) is 5.91 Å². The molecule has 26 heavy (non-hydrogen) atoms. The first-order valence-electron chi connectivity index (χ1n) is 9.75. The number of unbranched alkanes of at least 4 members (excludes halogenated alkanes) is 2. The Morgan fingerprint density at radius 2 is 1.96 bits per heavy atom. The number of imide groups is 1. The van der Waals surface area contributed by atoms with Crippen LogP contribution in [0.4, 0.5) is 4.79 Å². The summed E-state index contributed by atoms with van der Waals surface area (Å²) in [4.78, 5) is 26.1. The number of hydrogen-bond donors (Lipinski definition) is 0. The fraction of sp³-hybridized carbons (Fsp3) is 0.619. The lowest BCUT2D eigenvalue weighted by Gasteiger charge is -2.23. The Morgan fingerprint density at radius 1 is 1.23 bits per heavy atom. The van der Waals surface area contributed by atoms with Gasteiger partial charge in [-0.1, -0.05) is 57.0 Å². The number of cyclic esters (lactones) is 1. The Bertz CT molecular complexity index is 560. The predicted octanol–water partition coefficient (Wildman–Crippen LogP) is 4.20. The van der Waals surface area contributed by atoms with Crippen LogP contribution in [0, 0.1) is 5.92 Å². The molecule has 1 fully saturated rings. The van der Waals surface area contributed by atoms with Crippen molar-refractivity contribution in [3.05, 3.63) is 35.9 Å². The van der Waals surface area contributed by atoms with Gasteiger partial charge < -0.3 is 9.47 Å². The maximum absolute atomic E-state index is 12.8. The SMILES string of the molecule is CCCCOCCCCC(C)C(=O)N1C(=O)OC[C@@H]1Cc1ccccc1. The summed E-state index contributed by atoms with van der Waals surface area (Å²) in [5.41, 5.74) is 1.10. The molecule has 1 aliphatic rings. The van der Waals surface area contributed by atoms with E-state index >= 15 is 0 Å². The quantitative estimate of drug-likeness (QED) is 0.554. The monoisotopic (exact) mass is 361 g/mol. The first-order chi connectivity index (χ1) is 12.6. The van der Waals surface area contributed by atoms with Gasteiger partial charge in [-0.05, 0) is 31.2 Å². The molecule has 1 saturated heterocycles. The van der Waals surface area contributed by atoms with Crippen molar-refractivity contribution in [2.45, 2.75) is 58.4 Å². The molecule has 2 atom stereocenters. The van der Waals surface area contributed by atoms with Crippen molar-refractivity contribution >= 4 is 12.0 Å². The molecule has 0 aromatic heterocycles. The van der Waals surface area contributed by atoms with E-state index in [-0.39, 0.29) is 24.5 Å². The van der Waals surface area contributed by atoms with Gasteiger partial charge in [0.1, 0.15) is 6.61 Å². The molecule has 1 aromatic rings. The number of amides is 2. The molecule has 5 nitrogen and oxygen atoms in total. The molecule has 2 rings (SSSR count). The van der Waals surface area contributed by atoms with E-state index in [9.17, 15) is 9.59 Å². The minimum atomic E-state index is -0.509. The number of rotatable bonds is 11. The van der Waals surface area contributed by atoms with E-state index in [0.29, 0.717) is 6.42 Å². The van der Waals surface area contributed by atoms with Crippen molar-refractivity contribution < 1.29 is 19.1 Å². The number of benzene rings is 1. The van der Waals surface area contributed by atoms with Gasteiger partial charge in [-0.3, -0.25) is 4.79 Å². The van der Waals surface area contributed by atoms with Crippen LogP contribution in [0.25, 0.3) is 0 Å². The molecular weight excluding hydrogens is 330 g/mol. The van der Waals surface area contributed by atoms with Crippen LogP contribution in [0.15, 0.2) is 30.3 Å². The van der Waals surface area contributed by atoms with Gasteiger partial charge in [0.15, 0.2) is 0 Å². The van der Waals surface area contributed by atoms with Crippen molar-refractivity contribution in [2.75, 3.05) is 19.8 Å². The van der Waals surface area contributed by atoms with Crippen molar-refractivity contribution in [3.8, 4) is 0 Å². The summed E-state index contributed by atoms with van der Waals surface area (Å²) in [6, 6.07) is 9.68. The third-order valence-corrected chi connectivity index (χ3v) is 4.75. The Balaban J connectivity index is 1.78. The molecule has 0 saturated carbocycles. The Labute approximate surface area is 156 Å². The lowest BCUT2D eigenvalue weighted by atomic mass is 10.0. The first-order valence-corrected chi connectivity index (χ1v) is 9.75. The van der Waals surface area contributed by atoms with Gasteiger partial charge >= 0.3 is 6.09 Å². The summed E-state index contributed by atoms with van der Waals surface area (Å²) in [5.74, 6) is -0.310. The minimum Gasteiger partial charge on any atom is -0.447 e. The highest BCUT2D eigenvalue weighted by atomic mass is 16.6. The molecule has 1 unspecified atom stereocenters. The number of carbonyl (C=O) groups excluding carboxylic acids is 2. The van der Waals surface area contributed by atoms with E-state index in [4.69, 9.17) is 9.47 Å². The van der Waals surface area contributed by atoms with Gasteiger partial charge in [0, 0.05) is 19.1 Å². The van der Waals surface area contributed by atoms with Crippen molar-refractivity contribution in [1.82, 2.24) is 4.90 Å². The molecule has 1 aromatic carbocycles. The fourth-order valence-corrected chi connectivity index (χ4v) is 3.13. The first kappa shape index (κ1) is 20.4. The second-order valence-corrected chi connectivity index (χ2v) is 6.99. The second-order valence-electron chi connectivity index (χ2n) is 6.99. The van der Waals surface area contributed by atoms with Gasteiger partial charge in [0.25, 0.3) is 0 Å². The fourth-order valence-electron chi connectivity index (χ4n) is 3.13. The standard InChI is InChI=1S/C21H31NO4/c1-3-4-13-25-14-9-8-10-17(2)20(23)22-19(16-26-21(22)24)15-18-11-6-5-7-12-18/h5-7,11-12,17,19H,3-4,8-10,13-16H2,1-2H3/t17?,19-/m0/s1. The van der Waals surface area contributed by atoms with E-state index in [1.807, 2.05) is 37.3 Å². The zero-order valence-corrected chi connectivity index (χ0v) is 16.0. The molecule has 0 aliphatic carbocycles. The second kappa shape index (κ2) is 11.0. The van der Waals surface area contributed by atoms with Crippen LogP contribution in [0.3, 0.4) is 0 Å². The van der Waals surface area contributed by atoms with Crippen molar-refractivity contribution in [3.63, 3.8) is 0 Å². The Morgan fingerprint density at radius 3 is 2.69 bits per heavy atom. The van der Waals surface area contributed by atoms with Crippen LogP contribution in [0.2, 0.25) is 0 Å². The molecule has 0 N–H and O–H groups in total. The topological polar surface area (TPSA) is 55.8 Å². The number of ether oxygens (including phenoxy) is 2. The largest absolute Gasteiger partial charge is 0.447 e. The van der Waals surface area contributed by atoms with Gasteiger partial charge in [0.05, 0.1) is 6.04 Å². The third-order valence-electron chi connectivity index (χ3n) is 4.75. The van der Waals surface area contributed by atoms with E-state index in [1.165, 1.54) is 4.90 Å². The Kier molecular flexibility index (Phi) is 8.62. The van der Waals surface area contributed by atoms with Gasteiger partial charge in [-0.15, -0.1) is 0 Å². The summed E-state index contributed by atoms with van der Waals surface area (Å²) < 4.78 is 10.7. The number of nitrogens with zero attached hydrogens (tertiary/aromatic N) is 1. The van der Waals surface area contributed by atoms with E-state index in [2.05, 4.69) is 6.92 Å². The number of carbonyl (C=O) groups is 2. The maximum atomic E-state index is 12.8. The molecule has 0 radical (unpaired) electrons. The molecule has 1 aliphatic heterocycles. The smallest absolute Gasteiger partial charge is 0.416 e. The van der Waals surface area contributed by atoms with Gasteiger partial charge in [-0.2, -0.15) is 0 Å². The third kappa shape index (κ3) is 6.13. The molecule has 144 valence electrons. The summed E-state index contributed by atoms with van der Waals surface area (Å²) in [7, 11) is 0. The van der Waals surface area contributed by atoms with Crippen LogP contribution in [-0.4, -0.2) is 42.8 Å². The predicted molar refractivity (Wildman–Crippen MR) is 101 cm³/mol. The highest BCUT2D eigenvalue weighted by Gasteiger charge is 2.39. The van der Waals surface area contributed by atoms with E-state index in [0.717, 1.165) is 50.9 Å². The summed E-state index contributed by atoms with van der Waals surface area (Å²) in [6.07, 6.45) is 4.99. The molecule has 1 heterocycles.